The van der Waals surface area contributed by atoms with E-state index in [1.54, 1.807) is 18.5 Å². The summed E-state index contributed by atoms with van der Waals surface area (Å²) in [6.07, 6.45) is -0.500. The second-order valence-electron chi connectivity index (χ2n) is 8.68. The quantitative estimate of drug-likeness (QED) is 0.167. The van der Waals surface area contributed by atoms with Gasteiger partial charge in [-0.25, -0.2) is 4.98 Å². The van der Waals surface area contributed by atoms with Gasteiger partial charge in [0, 0.05) is 28.6 Å². The van der Waals surface area contributed by atoms with Crippen LogP contribution in [0.1, 0.15) is 16.7 Å². The molecule has 8 heteroatoms. The van der Waals surface area contributed by atoms with Gasteiger partial charge in [-0.1, -0.05) is 54.7 Å². The molecule has 0 atom stereocenters. The van der Waals surface area contributed by atoms with Crippen molar-refractivity contribution in [3.05, 3.63) is 102 Å². The molecule has 0 radical (unpaired) electrons. The molecule has 0 N–H and O–H groups in total. The van der Waals surface area contributed by atoms with Gasteiger partial charge >= 0.3 is 6.36 Å². The zero-order valence-electron chi connectivity index (χ0n) is 19.9. The number of aryl methyl sites for hydroxylation is 1. The molecule has 4 aromatic carbocycles. The first kappa shape index (κ1) is 24.6. The van der Waals surface area contributed by atoms with Crippen LogP contribution in [0.25, 0.3) is 27.5 Å². The molecule has 0 aliphatic heterocycles. The van der Waals surface area contributed by atoms with E-state index in [4.69, 9.17) is 12.2 Å². The van der Waals surface area contributed by atoms with Crippen molar-refractivity contribution in [3.8, 4) is 11.4 Å². The highest BCUT2D eigenvalue weighted by Gasteiger charge is 2.31. The minimum atomic E-state index is -4.72. The van der Waals surface area contributed by atoms with E-state index in [1.807, 2.05) is 53.2 Å². The summed E-state index contributed by atoms with van der Waals surface area (Å²) >= 11 is 5.53. The van der Waals surface area contributed by atoms with E-state index in [0.717, 1.165) is 38.7 Å². The summed E-state index contributed by atoms with van der Waals surface area (Å²) < 4.78 is 43.1. The number of halogens is 3. The highest BCUT2D eigenvalue weighted by molar-refractivity contribution is 7.80. The number of thiocarbonyl (C=S) groups is 1. The van der Waals surface area contributed by atoms with Crippen LogP contribution in [0.15, 0.2) is 90.2 Å². The van der Waals surface area contributed by atoms with Gasteiger partial charge in [0.2, 0.25) is 0 Å². The first-order valence-electron chi connectivity index (χ1n) is 11.6. The summed E-state index contributed by atoms with van der Waals surface area (Å²) in [4.78, 5) is 10.00. The fraction of sp³-hybridized carbons (Fsp3) is 0.138. The first-order chi connectivity index (χ1) is 17.8. The monoisotopic (exact) mass is 517 g/mol. The minimum absolute atomic E-state index is 0.267. The zero-order valence-corrected chi connectivity index (χ0v) is 20.7. The molecule has 0 aliphatic rings. The Labute approximate surface area is 217 Å². The average molecular weight is 518 g/mol. The normalized spacial score (nSPS) is 12.0. The van der Waals surface area contributed by atoms with E-state index < -0.39 is 6.36 Å². The van der Waals surface area contributed by atoms with Crippen LogP contribution in [0.3, 0.4) is 0 Å². The van der Waals surface area contributed by atoms with E-state index in [1.165, 1.54) is 23.3 Å². The molecular weight excluding hydrogens is 495 g/mol. The Hall–Kier alpha value is -4.04. The smallest absolute Gasteiger partial charge is 0.406 e. The number of aliphatic imine (C=N–C) groups is 1. The van der Waals surface area contributed by atoms with Gasteiger partial charge in [-0.15, -0.1) is 13.2 Å². The molecule has 0 saturated carbocycles. The lowest BCUT2D eigenvalue weighted by atomic mass is 10.0. The molecule has 0 saturated heterocycles. The van der Waals surface area contributed by atoms with E-state index in [9.17, 15) is 13.2 Å². The fourth-order valence-corrected chi connectivity index (χ4v) is 4.48. The second-order valence-corrected chi connectivity index (χ2v) is 9.26. The number of alkyl halides is 3. The number of ether oxygens (including phenoxy) is 1. The average Bonchev–Trinajstić information content (AvgIpc) is 3.29. The van der Waals surface area contributed by atoms with Gasteiger partial charge in [0.05, 0.1) is 17.6 Å². The van der Waals surface area contributed by atoms with Gasteiger partial charge < -0.3 is 4.74 Å². The van der Waals surface area contributed by atoms with Gasteiger partial charge in [0.25, 0.3) is 0 Å². The van der Waals surface area contributed by atoms with Crippen LogP contribution in [0, 0.1) is 6.92 Å². The third-order valence-electron chi connectivity index (χ3n) is 6.06. The molecule has 4 nitrogen and oxygen atoms in total. The molecule has 0 bridgehead atoms. The van der Waals surface area contributed by atoms with Crippen LogP contribution in [0.4, 0.5) is 13.2 Å². The standard InChI is InChI=1S/C29H22F3N3OS/c1-19-4-2-3-5-21(19)15-25(37)17-33-16-20-6-12-26-22(14-20)7-13-27-28(26)34-18-35(27)23-8-10-24(11-9-23)36-29(30,31)32/h2-14,16,18H,15,17H2,1H3. The van der Waals surface area contributed by atoms with Gasteiger partial charge in [0.15, 0.2) is 0 Å². The van der Waals surface area contributed by atoms with Crippen LogP contribution in [0.5, 0.6) is 5.75 Å². The zero-order chi connectivity index (χ0) is 26.0. The molecule has 0 unspecified atom stereocenters. The van der Waals surface area contributed by atoms with Crippen molar-refractivity contribution in [2.24, 2.45) is 4.99 Å². The number of hydrogen-bond acceptors (Lipinski definition) is 4. The molecule has 0 spiro atoms. The molecule has 186 valence electrons. The van der Waals surface area contributed by atoms with Crippen molar-refractivity contribution in [2.75, 3.05) is 6.54 Å². The third-order valence-corrected chi connectivity index (χ3v) is 6.33. The predicted molar refractivity (Wildman–Crippen MR) is 145 cm³/mol. The number of hydrogen-bond donors (Lipinski definition) is 0. The number of fused-ring (bicyclic) bond motifs is 3. The highest BCUT2D eigenvalue weighted by atomic mass is 32.1. The van der Waals surface area contributed by atoms with E-state index in [0.29, 0.717) is 12.2 Å². The summed E-state index contributed by atoms with van der Waals surface area (Å²) in [5.41, 5.74) is 5.75. The van der Waals surface area contributed by atoms with Crippen LogP contribution in [-0.4, -0.2) is 33.5 Å². The van der Waals surface area contributed by atoms with Gasteiger partial charge in [-0.3, -0.25) is 9.56 Å². The lowest BCUT2D eigenvalue weighted by Crippen LogP contribution is -2.17. The molecule has 5 rings (SSSR count). The Bertz CT molecular complexity index is 1620. The van der Waals surface area contributed by atoms with E-state index in [-0.39, 0.29) is 5.75 Å². The molecular formula is C29H22F3N3OS. The van der Waals surface area contributed by atoms with Crippen molar-refractivity contribution in [3.63, 3.8) is 0 Å². The largest absolute Gasteiger partial charge is 0.573 e. The third kappa shape index (κ3) is 5.70. The van der Waals surface area contributed by atoms with Crippen molar-refractivity contribution in [2.45, 2.75) is 19.7 Å². The Balaban J connectivity index is 1.32. The first-order valence-corrected chi connectivity index (χ1v) is 12.0. The van der Waals surface area contributed by atoms with Crippen LogP contribution >= 0.6 is 12.2 Å². The fourth-order valence-electron chi connectivity index (χ4n) is 4.25. The maximum Gasteiger partial charge on any atom is 0.573 e. The number of benzene rings is 4. The lowest BCUT2D eigenvalue weighted by molar-refractivity contribution is -0.274. The molecule has 0 fully saturated rings. The molecule has 1 aromatic heterocycles. The number of aromatic nitrogens is 2. The molecule has 37 heavy (non-hydrogen) atoms. The minimum Gasteiger partial charge on any atom is -0.406 e. The Morgan fingerprint density at radius 3 is 2.57 bits per heavy atom. The highest BCUT2D eigenvalue weighted by Crippen LogP contribution is 2.28. The van der Waals surface area contributed by atoms with Crippen molar-refractivity contribution in [1.82, 2.24) is 9.55 Å². The van der Waals surface area contributed by atoms with Crippen molar-refractivity contribution < 1.29 is 17.9 Å². The van der Waals surface area contributed by atoms with Crippen LogP contribution in [-0.2, 0) is 6.42 Å². The second kappa shape index (κ2) is 10.1. The maximum absolute atomic E-state index is 12.4. The molecule has 0 aliphatic carbocycles. The molecule has 0 amide bonds. The Morgan fingerprint density at radius 2 is 1.81 bits per heavy atom. The number of rotatable bonds is 7. The lowest BCUT2D eigenvalue weighted by Gasteiger charge is -2.10. The Morgan fingerprint density at radius 1 is 1.03 bits per heavy atom. The van der Waals surface area contributed by atoms with Gasteiger partial charge in [-0.05, 0) is 65.4 Å². The van der Waals surface area contributed by atoms with Gasteiger partial charge in [0.1, 0.15) is 12.1 Å². The van der Waals surface area contributed by atoms with E-state index >= 15 is 0 Å². The van der Waals surface area contributed by atoms with Crippen molar-refractivity contribution in [1.29, 1.82) is 0 Å². The number of imidazole rings is 1. The summed E-state index contributed by atoms with van der Waals surface area (Å²) in [6.45, 7) is 2.57. The summed E-state index contributed by atoms with van der Waals surface area (Å²) in [5, 5.41) is 1.98. The predicted octanol–water partition coefficient (Wildman–Crippen LogP) is 7.42. The maximum atomic E-state index is 12.4. The van der Waals surface area contributed by atoms with Crippen LogP contribution < -0.4 is 4.74 Å². The molecule has 5 aromatic rings. The van der Waals surface area contributed by atoms with Gasteiger partial charge in [-0.2, -0.15) is 0 Å². The van der Waals surface area contributed by atoms with Crippen molar-refractivity contribution >= 4 is 45.1 Å². The number of nitrogens with zero attached hydrogens (tertiary/aromatic N) is 3. The topological polar surface area (TPSA) is 39.4 Å². The summed E-state index contributed by atoms with van der Waals surface area (Å²) in [5.74, 6) is -0.267. The summed E-state index contributed by atoms with van der Waals surface area (Å²) in [7, 11) is 0. The molecule has 1 heterocycles. The van der Waals surface area contributed by atoms with E-state index in [2.05, 4.69) is 33.8 Å². The Kier molecular flexibility index (Phi) is 6.76. The van der Waals surface area contributed by atoms with Crippen LogP contribution in [0.2, 0.25) is 0 Å². The summed E-state index contributed by atoms with van der Waals surface area (Å²) in [6, 6.07) is 23.9. The SMILES string of the molecule is Cc1ccccc1CC(=S)CN=Cc1ccc2c(ccc3c2ncn3-c2ccc(OC(F)(F)F)cc2)c1.